The molecular formula is C19H21N3O4S. The molecule has 7 nitrogen and oxygen atoms in total. The summed E-state index contributed by atoms with van der Waals surface area (Å²) in [5.41, 5.74) is 1.31. The summed E-state index contributed by atoms with van der Waals surface area (Å²) in [6.45, 7) is 3.49. The molecule has 0 saturated carbocycles. The van der Waals surface area contributed by atoms with Gasteiger partial charge in [0.1, 0.15) is 11.5 Å². The monoisotopic (exact) mass is 387 g/mol. The first-order valence-corrected chi connectivity index (χ1v) is 9.82. The van der Waals surface area contributed by atoms with Gasteiger partial charge in [-0.25, -0.2) is 10.0 Å². The second-order valence-electron chi connectivity index (χ2n) is 6.29. The maximum Gasteiger partial charge on any atom is 0.289 e. The van der Waals surface area contributed by atoms with Gasteiger partial charge in [-0.3, -0.25) is 4.79 Å². The third kappa shape index (κ3) is 3.45. The van der Waals surface area contributed by atoms with Crippen LogP contribution in [0.15, 0.2) is 57.8 Å². The first-order chi connectivity index (χ1) is 12.8. The van der Waals surface area contributed by atoms with Gasteiger partial charge < -0.3 is 4.74 Å². The number of amides is 1. The number of carbonyl (C=O) groups is 1. The van der Waals surface area contributed by atoms with Gasteiger partial charge in [0.2, 0.25) is 0 Å². The SMILES string of the molecule is COc1ccc(S(=O)(=O)N=C2C(=O)N(c3ccccc3)N(C)C2C)cc1C. The van der Waals surface area contributed by atoms with Crippen LogP contribution in [0.1, 0.15) is 12.5 Å². The van der Waals surface area contributed by atoms with Crippen LogP contribution in [0.25, 0.3) is 0 Å². The van der Waals surface area contributed by atoms with Crippen molar-refractivity contribution in [3.63, 3.8) is 0 Å². The van der Waals surface area contributed by atoms with Crippen molar-refractivity contribution in [1.29, 1.82) is 0 Å². The maximum atomic E-state index is 12.9. The van der Waals surface area contributed by atoms with E-state index in [4.69, 9.17) is 4.74 Å². The second kappa shape index (κ2) is 7.13. The van der Waals surface area contributed by atoms with Gasteiger partial charge in [0.25, 0.3) is 15.9 Å². The molecular weight excluding hydrogens is 366 g/mol. The Kier molecular flexibility index (Phi) is 5.03. The predicted octanol–water partition coefficient (Wildman–Crippen LogP) is 2.42. The van der Waals surface area contributed by atoms with Gasteiger partial charge >= 0.3 is 0 Å². The van der Waals surface area contributed by atoms with Crippen LogP contribution in [0.3, 0.4) is 0 Å². The highest BCUT2D eigenvalue weighted by atomic mass is 32.2. The molecule has 0 aliphatic carbocycles. The zero-order valence-electron chi connectivity index (χ0n) is 15.6. The van der Waals surface area contributed by atoms with Crippen molar-refractivity contribution in [1.82, 2.24) is 5.01 Å². The molecule has 142 valence electrons. The highest BCUT2D eigenvalue weighted by molar-refractivity contribution is 7.90. The number of aryl methyl sites for hydroxylation is 1. The minimum Gasteiger partial charge on any atom is -0.496 e. The lowest BCUT2D eigenvalue weighted by Gasteiger charge is -2.25. The van der Waals surface area contributed by atoms with Gasteiger partial charge in [-0.05, 0) is 49.7 Å². The Morgan fingerprint density at radius 3 is 2.37 bits per heavy atom. The molecule has 0 bridgehead atoms. The summed E-state index contributed by atoms with van der Waals surface area (Å²) in [6.07, 6.45) is 0. The molecule has 0 radical (unpaired) electrons. The topological polar surface area (TPSA) is 79.3 Å². The van der Waals surface area contributed by atoms with Crippen LogP contribution >= 0.6 is 0 Å². The number of hydrogen-bond acceptors (Lipinski definition) is 5. The molecule has 1 aliphatic heterocycles. The third-order valence-electron chi connectivity index (χ3n) is 4.57. The third-order valence-corrected chi connectivity index (χ3v) is 5.85. The van der Waals surface area contributed by atoms with E-state index < -0.39 is 22.0 Å². The van der Waals surface area contributed by atoms with Gasteiger partial charge in [0.15, 0.2) is 0 Å². The van der Waals surface area contributed by atoms with Crippen LogP contribution in [-0.2, 0) is 14.8 Å². The number of carbonyl (C=O) groups excluding carboxylic acids is 1. The lowest BCUT2D eigenvalue weighted by atomic mass is 10.2. The van der Waals surface area contributed by atoms with Crippen LogP contribution in [0.2, 0.25) is 0 Å². The van der Waals surface area contributed by atoms with Crippen molar-refractivity contribution in [2.75, 3.05) is 19.2 Å². The summed E-state index contributed by atoms with van der Waals surface area (Å²) >= 11 is 0. The Morgan fingerprint density at radius 2 is 1.78 bits per heavy atom. The normalized spacial score (nSPS) is 19.7. The van der Waals surface area contributed by atoms with E-state index in [2.05, 4.69) is 4.40 Å². The first kappa shape index (κ1) is 19.1. The van der Waals surface area contributed by atoms with Crippen molar-refractivity contribution >= 4 is 27.3 Å². The van der Waals surface area contributed by atoms with E-state index in [-0.39, 0.29) is 10.6 Å². The zero-order chi connectivity index (χ0) is 19.8. The molecule has 1 unspecified atom stereocenters. The highest BCUT2D eigenvalue weighted by Gasteiger charge is 2.41. The largest absolute Gasteiger partial charge is 0.496 e. The molecule has 1 heterocycles. The van der Waals surface area contributed by atoms with E-state index in [1.165, 1.54) is 24.3 Å². The van der Waals surface area contributed by atoms with Gasteiger partial charge in [-0.15, -0.1) is 0 Å². The van der Waals surface area contributed by atoms with Crippen LogP contribution < -0.4 is 9.75 Å². The number of methoxy groups -OCH3 is 1. The smallest absolute Gasteiger partial charge is 0.289 e. The zero-order valence-corrected chi connectivity index (χ0v) is 16.4. The van der Waals surface area contributed by atoms with Crippen LogP contribution in [0.4, 0.5) is 5.69 Å². The molecule has 0 N–H and O–H groups in total. The van der Waals surface area contributed by atoms with Crippen molar-refractivity contribution in [2.45, 2.75) is 24.8 Å². The summed E-state index contributed by atoms with van der Waals surface area (Å²) < 4.78 is 34.6. The van der Waals surface area contributed by atoms with E-state index in [1.807, 2.05) is 18.2 Å². The Labute approximate surface area is 158 Å². The Balaban J connectivity index is 2.00. The van der Waals surface area contributed by atoms with E-state index >= 15 is 0 Å². The van der Waals surface area contributed by atoms with Gasteiger partial charge in [-0.1, -0.05) is 18.2 Å². The lowest BCUT2D eigenvalue weighted by molar-refractivity contribution is -0.113. The number of hydrazine groups is 1. The fraction of sp³-hybridized carbons (Fsp3) is 0.263. The number of sulfonamides is 1. The van der Waals surface area contributed by atoms with Crippen LogP contribution in [0, 0.1) is 6.92 Å². The highest BCUT2D eigenvalue weighted by Crippen LogP contribution is 2.27. The fourth-order valence-electron chi connectivity index (χ4n) is 2.96. The molecule has 1 saturated heterocycles. The Hall–Kier alpha value is -2.71. The molecule has 0 aromatic heterocycles. The van der Waals surface area contributed by atoms with E-state index in [9.17, 15) is 13.2 Å². The Bertz CT molecular complexity index is 1000. The molecule has 3 rings (SSSR count). The number of ether oxygens (including phenoxy) is 1. The predicted molar refractivity (Wildman–Crippen MR) is 104 cm³/mol. The molecule has 1 aliphatic rings. The van der Waals surface area contributed by atoms with Crippen molar-refractivity contribution in [2.24, 2.45) is 4.40 Å². The first-order valence-electron chi connectivity index (χ1n) is 8.38. The molecule has 1 amide bonds. The second-order valence-corrected chi connectivity index (χ2v) is 7.89. The molecule has 27 heavy (non-hydrogen) atoms. The molecule has 2 aromatic rings. The standard InChI is InChI=1S/C19H21N3O4S/c1-13-12-16(10-11-17(13)26-4)27(24,25)20-18-14(2)21(3)22(19(18)23)15-8-6-5-7-9-15/h5-12,14H,1-4H3. The van der Waals surface area contributed by atoms with Crippen molar-refractivity contribution in [3.05, 3.63) is 54.1 Å². The van der Waals surface area contributed by atoms with Gasteiger partial charge in [0.05, 0.1) is 23.7 Å². The fourth-order valence-corrected chi connectivity index (χ4v) is 4.12. The maximum absolute atomic E-state index is 12.9. The van der Waals surface area contributed by atoms with Crippen LogP contribution in [-0.4, -0.2) is 45.2 Å². The number of para-hydroxylation sites is 1. The van der Waals surface area contributed by atoms with E-state index in [1.54, 1.807) is 44.1 Å². The summed E-state index contributed by atoms with van der Waals surface area (Å²) in [4.78, 5) is 12.9. The number of rotatable bonds is 4. The molecule has 1 atom stereocenters. The minimum atomic E-state index is -4.03. The average Bonchev–Trinajstić information content (AvgIpc) is 2.85. The molecule has 0 spiro atoms. The summed E-state index contributed by atoms with van der Waals surface area (Å²) in [5, 5.41) is 3.10. The quantitative estimate of drug-likeness (QED) is 0.805. The average molecular weight is 387 g/mol. The summed E-state index contributed by atoms with van der Waals surface area (Å²) in [6, 6.07) is 13.0. The van der Waals surface area contributed by atoms with Gasteiger partial charge in [0, 0.05) is 7.05 Å². The molecule has 1 fully saturated rings. The van der Waals surface area contributed by atoms with Crippen molar-refractivity contribution in [3.8, 4) is 5.75 Å². The summed E-state index contributed by atoms with van der Waals surface area (Å²) in [5.74, 6) is 0.131. The summed E-state index contributed by atoms with van der Waals surface area (Å²) in [7, 11) is -0.786. The van der Waals surface area contributed by atoms with Crippen LogP contribution in [0.5, 0.6) is 5.75 Å². The van der Waals surface area contributed by atoms with Gasteiger partial charge in [-0.2, -0.15) is 12.8 Å². The Morgan fingerprint density at radius 1 is 1.11 bits per heavy atom. The minimum absolute atomic E-state index is 0.0187. The molecule has 8 heteroatoms. The van der Waals surface area contributed by atoms with Crippen molar-refractivity contribution < 1.29 is 17.9 Å². The lowest BCUT2D eigenvalue weighted by Crippen LogP contribution is -2.38. The number of nitrogens with zero attached hydrogens (tertiary/aromatic N) is 3. The number of benzene rings is 2. The molecule has 2 aromatic carbocycles. The van der Waals surface area contributed by atoms with E-state index in [0.29, 0.717) is 17.0 Å². The number of anilines is 1. The van der Waals surface area contributed by atoms with E-state index in [0.717, 1.165) is 0 Å². The number of hydrogen-bond donors (Lipinski definition) is 0.